The Labute approximate surface area is 178 Å². The first-order valence-corrected chi connectivity index (χ1v) is 13.2. The fourth-order valence-corrected chi connectivity index (χ4v) is 5.44. The van der Waals surface area contributed by atoms with Gasteiger partial charge in [0.05, 0.1) is 0 Å². The van der Waals surface area contributed by atoms with Gasteiger partial charge in [-0.15, -0.1) is 0 Å². The van der Waals surface area contributed by atoms with Gasteiger partial charge in [0, 0.05) is 13.0 Å². The Morgan fingerprint density at radius 3 is 2.21 bits per heavy atom. The van der Waals surface area contributed by atoms with E-state index in [0.717, 1.165) is 12.2 Å². The van der Waals surface area contributed by atoms with Crippen molar-refractivity contribution in [2.45, 2.75) is 103 Å². The maximum atomic E-state index is 9.19. The van der Waals surface area contributed by atoms with E-state index in [-0.39, 0.29) is 17.8 Å². The lowest BCUT2D eigenvalue weighted by Crippen LogP contribution is -2.22. The van der Waals surface area contributed by atoms with Crippen molar-refractivity contribution < 1.29 is 9.29 Å². The number of aryl methyl sites for hydroxylation is 1. The van der Waals surface area contributed by atoms with Gasteiger partial charge < -0.3 is 5.11 Å². The van der Waals surface area contributed by atoms with Gasteiger partial charge in [-0.3, -0.25) is 0 Å². The molecule has 1 rings (SSSR count). The minimum Gasteiger partial charge on any atom is -0.396 e. The molecule has 0 spiro atoms. The molecular weight excluding hydrogens is 364 g/mol. The number of hydrogen-bond donors (Lipinski definition) is 1. The van der Waals surface area contributed by atoms with Crippen LogP contribution in [-0.2, 0) is 21.8 Å². The topological polar surface area (TPSA) is 29.5 Å². The summed E-state index contributed by atoms with van der Waals surface area (Å²) in [5.41, 5.74) is 1.46. The van der Waals surface area contributed by atoms with Crippen molar-refractivity contribution in [3.63, 3.8) is 0 Å². The minimum absolute atomic E-state index is 0.0339. The quantitative estimate of drug-likeness (QED) is 0.200. The molecule has 0 radical (unpaired) electrons. The molecule has 0 aliphatic rings. The molecule has 1 aromatic carbocycles. The van der Waals surface area contributed by atoms with E-state index < -0.39 is 0 Å². The molecule has 0 heterocycles. The van der Waals surface area contributed by atoms with Crippen molar-refractivity contribution in [1.82, 2.24) is 0 Å². The van der Waals surface area contributed by atoms with E-state index in [2.05, 4.69) is 44.2 Å². The van der Waals surface area contributed by atoms with Gasteiger partial charge in [0.2, 0.25) is 0 Å². The van der Waals surface area contributed by atoms with Gasteiger partial charge in [0.15, 0.2) is 0 Å². The van der Waals surface area contributed by atoms with Crippen LogP contribution in [0.3, 0.4) is 0 Å². The molecule has 0 saturated heterocycles. The molecule has 0 saturated carbocycles. The molecule has 0 aliphatic carbocycles. The monoisotopic (exact) mass is 409 g/mol. The highest BCUT2D eigenvalue weighted by Crippen LogP contribution is 2.16. The summed E-state index contributed by atoms with van der Waals surface area (Å²) in [7, 11) is 0. The average molecular weight is 410 g/mol. The van der Waals surface area contributed by atoms with Crippen molar-refractivity contribution in [2.24, 2.45) is 0 Å². The van der Waals surface area contributed by atoms with Crippen molar-refractivity contribution >= 4 is 11.2 Å². The third-order valence-electron chi connectivity index (χ3n) is 5.22. The van der Waals surface area contributed by atoms with Crippen LogP contribution in [0.5, 0.6) is 0 Å². The zero-order chi connectivity index (χ0) is 20.3. The van der Waals surface area contributed by atoms with Gasteiger partial charge in [0.25, 0.3) is 0 Å². The SMILES string of the molecule is CCCCCCCCC(C)O[S+](CCCO)CCCCCCc1ccccc1. The Kier molecular flexibility index (Phi) is 16.9. The van der Waals surface area contributed by atoms with Gasteiger partial charge >= 0.3 is 0 Å². The maximum Gasteiger partial charge on any atom is 0.147 e. The Morgan fingerprint density at radius 1 is 0.821 bits per heavy atom. The lowest BCUT2D eigenvalue weighted by molar-refractivity contribution is 0.234. The van der Waals surface area contributed by atoms with Gasteiger partial charge in [0.1, 0.15) is 28.8 Å². The highest BCUT2D eigenvalue weighted by molar-refractivity contribution is 7.92. The summed E-state index contributed by atoms with van der Waals surface area (Å²) in [4.78, 5) is 0. The predicted octanol–water partition coefficient (Wildman–Crippen LogP) is 6.86. The van der Waals surface area contributed by atoms with Gasteiger partial charge in [-0.05, 0) is 44.6 Å². The molecule has 0 aliphatic heterocycles. The second kappa shape index (κ2) is 18.5. The molecule has 0 bridgehead atoms. The lowest BCUT2D eigenvalue weighted by atomic mass is 10.1. The summed E-state index contributed by atoms with van der Waals surface area (Å²) in [6.07, 6.45) is 16.9. The number of aliphatic hydroxyl groups excluding tert-OH is 1. The van der Waals surface area contributed by atoms with Crippen molar-refractivity contribution in [2.75, 3.05) is 18.1 Å². The number of hydrogen-bond acceptors (Lipinski definition) is 2. The molecule has 28 heavy (non-hydrogen) atoms. The van der Waals surface area contributed by atoms with Crippen LogP contribution >= 0.6 is 0 Å². The van der Waals surface area contributed by atoms with E-state index in [1.165, 1.54) is 88.4 Å². The van der Waals surface area contributed by atoms with Crippen molar-refractivity contribution in [3.05, 3.63) is 35.9 Å². The van der Waals surface area contributed by atoms with Crippen LogP contribution < -0.4 is 0 Å². The van der Waals surface area contributed by atoms with Crippen molar-refractivity contribution in [3.8, 4) is 0 Å². The Bertz CT molecular complexity index is 437. The third-order valence-corrected chi connectivity index (χ3v) is 7.31. The van der Waals surface area contributed by atoms with Crippen LogP contribution in [0, 0.1) is 0 Å². The van der Waals surface area contributed by atoms with Crippen LogP contribution in [-0.4, -0.2) is 29.3 Å². The largest absolute Gasteiger partial charge is 0.396 e. The van der Waals surface area contributed by atoms with Gasteiger partial charge in [-0.25, -0.2) is 0 Å². The molecule has 1 N–H and O–H groups in total. The third kappa shape index (κ3) is 14.5. The molecule has 3 heteroatoms. The van der Waals surface area contributed by atoms with E-state index in [1.807, 2.05) is 0 Å². The van der Waals surface area contributed by atoms with Crippen LogP contribution in [0.2, 0.25) is 0 Å². The van der Waals surface area contributed by atoms with Gasteiger partial charge in [-0.1, -0.05) is 82.2 Å². The summed E-state index contributed by atoms with van der Waals surface area (Å²) in [6, 6.07) is 10.8. The second-order valence-electron chi connectivity index (χ2n) is 8.04. The number of unbranched alkanes of at least 4 members (excludes halogenated alkanes) is 8. The predicted molar refractivity (Wildman–Crippen MR) is 126 cm³/mol. The summed E-state index contributed by atoms with van der Waals surface area (Å²) in [5, 5.41) is 9.19. The lowest BCUT2D eigenvalue weighted by Gasteiger charge is -2.13. The molecule has 162 valence electrons. The van der Waals surface area contributed by atoms with E-state index in [1.54, 1.807) is 0 Å². The number of benzene rings is 1. The highest BCUT2D eigenvalue weighted by Gasteiger charge is 2.23. The first kappa shape index (κ1) is 25.5. The standard InChI is InChI=1S/C25H45O2S/c1-3-4-5-6-7-11-17-24(2)27-28(23-16-21-26)22-15-9-8-12-18-25-19-13-10-14-20-25/h10,13-14,19-20,24,26H,3-9,11-12,15-18,21-23H2,1-2H3/q+1. The molecule has 1 aromatic rings. The van der Waals surface area contributed by atoms with E-state index >= 15 is 0 Å². The Balaban J connectivity index is 2.11. The van der Waals surface area contributed by atoms with Crippen molar-refractivity contribution in [1.29, 1.82) is 0 Å². The first-order valence-electron chi connectivity index (χ1n) is 11.8. The zero-order valence-corrected chi connectivity index (χ0v) is 19.4. The normalized spacial score (nSPS) is 13.5. The Morgan fingerprint density at radius 2 is 1.46 bits per heavy atom. The molecule has 2 unspecified atom stereocenters. The van der Waals surface area contributed by atoms with Crippen LogP contribution in [0.1, 0.15) is 96.5 Å². The van der Waals surface area contributed by atoms with Gasteiger partial charge in [-0.2, -0.15) is 4.18 Å². The molecule has 0 fully saturated rings. The van der Waals surface area contributed by atoms with Crippen LogP contribution in [0.4, 0.5) is 0 Å². The minimum atomic E-state index is 0.0339. The summed E-state index contributed by atoms with van der Waals surface area (Å²) < 4.78 is 6.37. The molecule has 2 atom stereocenters. The zero-order valence-electron chi connectivity index (χ0n) is 18.5. The van der Waals surface area contributed by atoms with Crippen LogP contribution in [0.25, 0.3) is 0 Å². The van der Waals surface area contributed by atoms with E-state index in [9.17, 15) is 5.11 Å². The fourth-order valence-electron chi connectivity index (χ4n) is 3.51. The van der Waals surface area contributed by atoms with Crippen LogP contribution in [0.15, 0.2) is 30.3 Å². The Hall–Kier alpha value is -0.510. The van der Waals surface area contributed by atoms with E-state index in [4.69, 9.17) is 4.18 Å². The molecular formula is C25H45O2S+. The molecule has 0 amide bonds. The smallest absolute Gasteiger partial charge is 0.147 e. The maximum absolute atomic E-state index is 9.19. The summed E-state index contributed by atoms with van der Waals surface area (Å²) in [6.45, 7) is 4.80. The molecule has 0 aromatic heterocycles. The summed E-state index contributed by atoms with van der Waals surface area (Å²) in [5.74, 6) is 2.20. The average Bonchev–Trinajstić information content (AvgIpc) is 2.71. The number of rotatable bonds is 19. The highest BCUT2D eigenvalue weighted by atomic mass is 32.2. The second-order valence-corrected chi connectivity index (χ2v) is 9.93. The summed E-state index contributed by atoms with van der Waals surface area (Å²) >= 11 is 0.0339. The fraction of sp³-hybridized carbons (Fsp3) is 0.760. The first-order chi connectivity index (χ1) is 13.8. The molecule has 2 nitrogen and oxygen atoms in total. The van der Waals surface area contributed by atoms with E-state index in [0.29, 0.717) is 6.10 Å². The number of aliphatic hydroxyl groups is 1.